The first-order valence-corrected chi connectivity index (χ1v) is 16.7. The largest absolute Gasteiger partial charge is 0.447 e. The maximum atomic E-state index is 13.3. The van der Waals surface area contributed by atoms with Gasteiger partial charge in [0.1, 0.15) is 21.4 Å². The number of ether oxygens (including phenoxy) is 1. The molecule has 5 rings (SSSR count). The predicted molar refractivity (Wildman–Crippen MR) is 170 cm³/mol. The van der Waals surface area contributed by atoms with E-state index in [2.05, 4.69) is 30.9 Å². The Morgan fingerprint density at radius 3 is 2.25 bits per heavy atom. The molecular formula is C30H34N6O6S2. The second-order valence-corrected chi connectivity index (χ2v) is 13.6. The van der Waals surface area contributed by atoms with Crippen LogP contribution in [0.5, 0.6) is 0 Å². The van der Waals surface area contributed by atoms with Crippen LogP contribution in [0.4, 0.5) is 27.5 Å². The summed E-state index contributed by atoms with van der Waals surface area (Å²) in [6, 6.07) is 13.7. The topological polar surface area (TPSA) is 168 Å². The number of nitrogens with zero attached hydrogens (tertiary/aromatic N) is 2. The van der Waals surface area contributed by atoms with Crippen LogP contribution in [0.25, 0.3) is 10.6 Å². The van der Waals surface area contributed by atoms with Crippen LogP contribution in [-0.2, 0) is 14.8 Å². The Kier molecular flexibility index (Phi) is 9.42. The van der Waals surface area contributed by atoms with Crippen LogP contribution >= 0.6 is 11.3 Å². The fourth-order valence-electron chi connectivity index (χ4n) is 5.12. The fraction of sp³-hybridized carbons (Fsp3) is 0.367. The van der Waals surface area contributed by atoms with Gasteiger partial charge in [-0.1, -0.05) is 36.5 Å². The molecule has 1 aliphatic carbocycles. The van der Waals surface area contributed by atoms with Crippen molar-refractivity contribution in [3.05, 3.63) is 74.0 Å². The van der Waals surface area contributed by atoms with E-state index < -0.39 is 27.0 Å². The Hall–Kier alpha value is -4.14. The second kappa shape index (κ2) is 13.2. The van der Waals surface area contributed by atoms with Crippen molar-refractivity contribution in [1.29, 1.82) is 0 Å². The minimum atomic E-state index is -3.95. The molecule has 0 spiro atoms. The summed E-state index contributed by atoms with van der Waals surface area (Å²) in [6.07, 6.45) is 2.54. The number of para-hydroxylation sites is 1. The number of anilines is 4. The molecule has 4 N–H and O–H groups in total. The smallest absolute Gasteiger partial charge is 0.407 e. The Bertz CT molecular complexity index is 1810. The van der Waals surface area contributed by atoms with Gasteiger partial charge in [-0.3, -0.25) is 9.59 Å². The van der Waals surface area contributed by atoms with E-state index in [0.29, 0.717) is 21.9 Å². The molecule has 0 saturated heterocycles. The maximum Gasteiger partial charge on any atom is 0.407 e. The van der Waals surface area contributed by atoms with Gasteiger partial charge in [0.05, 0.1) is 11.0 Å². The van der Waals surface area contributed by atoms with Crippen molar-refractivity contribution < 1.29 is 17.9 Å². The Morgan fingerprint density at radius 1 is 0.955 bits per heavy atom. The zero-order chi connectivity index (χ0) is 31.4. The molecule has 44 heavy (non-hydrogen) atoms. The Balaban J connectivity index is 1.36. The van der Waals surface area contributed by atoms with E-state index in [4.69, 9.17) is 4.74 Å². The summed E-state index contributed by atoms with van der Waals surface area (Å²) in [4.78, 5) is 36.7. The van der Waals surface area contributed by atoms with Gasteiger partial charge in [0.2, 0.25) is 10.0 Å². The lowest BCUT2D eigenvalue weighted by atomic mass is 9.86. The molecule has 1 fully saturated rings. The molecule has 0 aliphatic heterocycles. The minimum absolute atomic E-state index is 0.0261. The molecule has 14 heteroatoms. The van der Waals surface area contributed by atoms with E-state index >= 15 is 0 Å². The van der Waals surface area contributed by atoms with Crippen LogP contribution in [0.2, 0.25) is 0 Å². The number of alkyl carbamates (subject to hydrolysis) is 1. The maximum absolute atomic E-state index is 13.3. The average molecular weight is 639 g/mol. The molecule has 1 heterocycles. The van der Waals surface area contributed by atoms with Gasteiger partial charge >= 0.3 is 6.09 Å². The molecule has 0 radical (unpaired) electrons. The van der Waals surface area contributed by atoms with Crippen LogP contribution in [0.1, 0.15) is 57.4 Å². The van der Waals surface area contributed by atoms with Gasteiger partial charge in [0.25, 0.3) is 10.9 Å². The van der Waals surface area contributed by atoms with Crippen LogP contribution in [0, 0.1) is 0 Å². The first-order chi connectivity index (χ1) is 21.1. The molecule has 12 nitrogen and oxygen atoms in total. The van der Waals surface area contributed by atoms with Crippen LogP contribution in [0.15, 0.2) is 63.0 Å². The normalized spacial score (nSPS) is 17.0. The number of hydrogen-bond donors (Lipinski definition) is 4. The van der Waals surface area contributed by atoms with Gasteiger partial charge in [0, 0.05) is 35.4 Å². The fourth-order valence-corrected chi connectivity index (χ4v) is 7.50. The molecule has 1 aliphatic rings. The number of amides is 1. The lowest BCUT2D eigenvalue weighted by molar-refractivity contribution is 0.109. The number of benzene rings is 2. The van der Waals surface area contributed by atoms with Gasteiger partial charge < -0.3 is 20.7 Å². The van der Waals surface area contributed by atoms with Gasteiger partial charge in [-0.05, 0) is 69.9 Å². The van der Waals surface area contributed by atoms with Gasteiger partial charge in [-0.2, -0.15) is 0 Å². The van der Waals surface area contributed by atoms with Gasteiger partial charge in [-0.25, -0.2) is 17.9 Å². The summed E-state index contributed by atoms with van der Waals surface area (Å²) < 4.78 is 34.3. The number of hydrogen-bond acceptors (Lipinski definition) is 11. The summed E-state index contributed by atoms with van der Waals surface area (Å²) in [5.41, 5.74) is 0.142. The van der Waals surface area contributed by atoms with Crippen molar-refractivity contribution in [1.82, 2.24) is 20.2 Å². The lowest BCUT2D eigenvalue weighted by Gasteiger charge is -2.27. The highest BCUT2D eigenvalue weighted by molar-refractivity contribution is 7.89. The first kappa shape index (κ1) is 31.3. The highest BCUT2D eigenvalue weighted by Crippen LogP contribution is 2.39. The molecule has 1 aromatic heterocycles. The SMILES string of the molecule is CCNS(=O)(=O)c1cc(Nc2c(Nc3ccccc3)c(=O)c2=O)ccc1-c1nnc([C@H]2CC[C@H](NC(=O)OC(C)C)CC2)s1. The van der Waals surface area contributed by atoms with Crippen molar-refractivity contribution in [3.63, 3.8) is 0 Å². The monoisotopic (exact) mass is 638 g/mol. The molecule has 0 bridgehead atoms. The van der Waals surface area contributed by atoms with Gasteiger partial charge in [-0.15, -0.1) is 10.2 Å². The first-order valence-electron chi connectivity index (χ1n) is 14.4. The van der Waals surface area contributed by atoms with Crippen LogP contribution in [0.3, 0.4) is 0 Å². The predicted octanol–water partition coefficient (Wildman–Crippen LogP) is 4.75. The van der Waals surface area contributed by atoms with E-state index in [9.17, 15) is 22.8 Å². The third-order valence-corrected chi connectivity index (χ3v) is 9.95. The molecular weight excluding hydrogens is 605 g/mol. The van der Waals surface area contributed by atoms with Crippen molar-refractivity contribution in [3.8, 4) is 10.6 Å². The van der Waals surface area contributed by atoms with Crippen molar-refractivity contribution in [2.45, 2.75) is 69.4 Å². The number of sulfonamides is 1. The highest BCUT2D eigenvalue weighted by atomic mass is 32.2. The van der Waals surface area contributed by atoms with E-state index in [-0.39, 0.29) is 40.9 Å². The summed E-state index contributed by atoms with van der Waals surface area (Å²) in [5.74, 6) is 0.139. The number of aromatic nitrogens is 2. The summed E-state index contributed by atoms with van der Waals surface area (Å²) in [5, 5.41) is 18.8. The zero-order valence-electron chi connectivity index (χ0n) is 24.5. The van der Waals surface area contributed by atoms with E-state index in [1.807, 2.05) is 6.07 Å². The van der Waals surface area contributed by atoms with E-state index in [1.165, 1.54) is 17.4 Å². The number of rotatable bonds is 11. The minimum Gasteiger partial charge on any atom is -0.447 e. The third-order valence-electron chi connectivity index (χ3n) is 7.24. The molecule has 1 saturated carbocycles. The van der Waals surface area contributed by atoms with Crippen LogP contribution < -0.4 is 31.5 Å². The second-order valence-electron chi connectivity index (χ2n) is 10.8. The molecule has 1 amide bonds. The van der Waals surface area contributed by atoms with Crippen molar-refractivity contribution >= 4 is 50.2 Å². The van der Waals surface area contributed by atoms with E-state index in [1.54, 1.807) is 57.2 Å². The summed E-state index contributed by atoms with van der Waals surface area (Å²) in [6.45, 7) is 5.46. The molecule has 232 valence electrons. The van der Waals surface area contributed by atoms with Gasteiger partial charge in [0.15, 0.2) is 0 Å². The van der Waals surface area contributed by atoms with E-state index in [0.717, 1.165) is 30.7 Å². The summed E-state index contributed by atoms with van der Waals surface area (Å²) in [7, 11) is -3.95. The lowest BCUT2D eigenvalue weighted by Crippen LogP contribution is -2.38. The molecule has 3 aromatic carbocycles. The molecule has 0 unspecified atom stereocenters. The zero-order valence-corrected chi connectivity index (χ0v) is 26.2. The standard InChI is InChI=1S/C30H34N6O6S2/c1-4-31-44(40,41)23-16-21(33-25-24(26(37)27(25)38)32-19-8-6-5-7-9-19)14-15-22(23)29-36-35-28(43-29)18-10-12-20(13-11-18)34-30(39)42-17(2)3/h5-9,14-18,20,31-33H,4,10-13H2,1-3H3,(H,34,39)/t18-,20-. The van der Waals surface area contributed by atoms with Crippen molar-refractivity contribution in [2.24, 2.45) is 0 Å². The quantitative estimate of drug-likeness (QED) is 0.168. The highest BCUT2D eigenvalue weighted by Gasteiger charge is 2.29. The number of carbonyl (C=O) groups excluding carboxylic acids is 1. The number of carbonyl (C=O) groups is 1. The van der Waals surface area contributed by atoms with Crippen LogP contribution in [-0.4, -0.2) is 43.4 Å². The molecule has 0 atom stereocenters. The average Bonchev–Trinajstić information content (AvgIpc) is 3.49. The summed E-state index contributed by atoms with van der Waals surface area (Å²) >= 11 is 1.34. The number of nitrogens with one attached hydrogen (secondary N) is 4. The van der Waals surface area contributed by atoms with Crippen molar-refractivity contribution in [2.75, 3.05) is 17.2 Å². The molecule has 4 aromatic rings. The Morgan fingerprint density at radius 2 is 1.61 bits per heavy atom. The Labute approximate surface area is 259 Å². The third kappa shape index (κ3) is 6.98.